The van der Waals surface area contributed by atoms with E-state index in [1.165, 1.54) is 13.0 Å². The molecule has 0 unspecified atom stereocenters. The minimum absolute atomic E-state index is 0.196. The van der Waals surface area contributed by atoms with Gasteiger partial charge in [-0.25, -0.2) is 4.39 Å². The molecule has 0 amide bonds. The third-order valence-corrected chi connectivity index (χ3v) is 3.06. The Morgan fingerprint density at radius 3 is 2.70 bits per heavy atom. The van der Waals surface area contributed by atoms with Gasteiger partial charge < -0.3 is 9.64 Å². The molecular formula is C15H19FN2O2. The van der Waals surface area contributed by atoms with Crippen molar-refractivity contribution in [2.24, 2.45) is 0 Å². The zero-order valence-electron chi connectivity index (χ0n) is 12.1. The normalized spacial score (nSPS) is 10.2. The molecule has 108 valence electrons. The second-order valence-corrected chi connectivity index (χ2v) is 4.56. The van der Waals surface area contributed by atoms with Gasteiger partial charge in [0.2, 0.25) is 0 Å². The molecule has 20 heavy (non-hydrogen) atoms. The molecule has 0 spiro atoms. The van der Waals surface area contributed by atoms with Crippen molar-refractivity contribution in [3.05, 3.63) is 29.1 Å². The van der Waals surface area contributed by atoms with Crippen molar-refractivity contribution in [2.45, 2.75) is 20.3 Å². The lowest BCUT2D eigenvalue weighted by Crippen LogP contribution is -2.29. The third kappa shape index (κ3) is 4.04. The van der Waals surface area contributed by atoms with Gasteiger partial charge in [0.1, 0.15) is 5.82 Å². The number of ether oxygens (including phenoxy) is 1. The van der Waals surface area contributed by atoms with Crippen LogP contribution in [0.4, 0.5) is 10.1 Å². The average Bonchev–Trinajstić information content (AvgIpc) is 2.41. The van der Waals surface area contributed by atoms with Crippen LogP contribution in [-0.2, 0) is 4.74 Å². The smallest absolute Gasteiger partial charge is 0.161 e. The highest BCUT2D eigenvalue weighted by atomic mass is 19.1. The first-order valence-corrected chi connectivity index (χ1v) is 6.43. The Kier molecular flexibility index (Phi) is 6.13. The van der Waals surface area contributed by atoms with E-state index in [1.807, 2.05) is 4.90 Å². The van der Waals surface area contributed by atoms with E-state index in [0.29, 0.717) is 42.9 Å². The van der Waals surface area contributed by atoms with E-state index in [1.54, 1.807) is 20.1 Å². The predicted octanol–water partition coefficient (Wildman–Crippen LogP) is 2.70. The summed E-state index contributed by atoms with van der Waals surface area (Å²) in [6, 6.07) is 4.99. The van der Waals surface area contributed by atoms with Crippen molar-refractivity contribution < 1.29 is 13.9 Å². The molecule has 0 bridgehead atoms. The number of aryl methyl sites for hydroxylation is 1. The number of carbonyl (C=O) groups excluding carboxylic acids is 1. The van der Waals surface area contributed by atoms with E-state index < -0.39 is 5.82 Å². The zero-order chi connectivity index (χ0) is 15.1. The molecule has 0 aliphatic rings. The van der Waals surface area contributed by atoms with Crippen molar-refractivity contribution in [1.82, 2.24) is 0 Å². The number of ketones is 1. The van der Waals surface area contributed by atoms with Gasteiger partial charge in [0.25, 0.3) is 0 Å². The summed E-state index contributed by atoms with van der Waals surface area (Å²) in [6.45, 7) is 4.56. The van der Waals surface area contributed by atoms with Crippen molar-refractivity contribution in [3.8, 4) is 6.07 Å². The van der Waals surface area contributed by atoms with Crippen molar-refractivity contribution >= 4 is 11.5 Å². The van der Waals surface area contributed by atoms with Crippen molar-refractivity contribution in [2.75, 3.05) is 31.7 Å². The van der Waals surface area contributed by atoms with Crippen LogP contribution in [0.1, 0.15) is 29.3 Å². The van der Waals surface area contributed by atoms with Gasteiger partial charge in [-0.15, -0.1) is 0 Å². The maximum absolute atomic E-state index is 13.6. The lowest BCUT2D eigenvalue weighted by Gasteiger charge is -2.26. The number of nitrogens with zero attached hydrogens (tertiary/aromatic N) is 2. The maximum Gasteiger partial charge on any atom is 0.161 e. The number of anilines is 1. The summed E-state index contributed by atoms with van der Waals surface area (Å²) in [5, 5.41) is 8.73. The number of rotatable bonds is 7. The molecule has 1 aromatic carbocycles. The standard InChI is InChI=1S/C15H19FN2O2/c1-11-9-15(13(12(2)19)10-14(11)16)18(6-4-5-17)7-8-20-3/h9-10H,4,6-8H2,1-3H3. The van der Waals surface area contributed by atoms with E-state index in [4.69, 9.17) is 10.00 Å². The molecule has 0 saturated heterocycles. The summed E-state index contributed by atoms with van der Waals surface area (Å²) in [5.41, 5.74) is 1.47. The molecule has 0 fully saturated rings. The molecule has 4 nitrogen and oxygen atoms in total. The highest BCUT2D eigenvalue weighted by Crippen LogP contribution is 2.25. The first-order chi connectivity index (χ1) is 9.51. The molecule has 0 aliphatic carbocycles. The van der Waals surface area contributed by atoms with Gasteiger partial charge in [0, 0.05) is 31.5 Å². The van der Waals surface area contributed by atoms with Gasteiger partial charge in [-0.2, -0.15) is 5.26 Å². The van der Waals surface area contributed by atoms with Gasteiger partial charge in [-0.1, -0.05) is 0 Å². The number of hydrogen-bond acceptors (Lipinski definition) is 4. The van der Waals surface area contributed by atoms with Crippen LogP contribution in [0.3, 0.4) is 0 Å². The Bertz CT molecular complexity index is 523. The van der Waals surface area contributed by atoms with Crippen LogP contribution in [0, 0.1) is 24.1 Å². The molecule has 0 atom stereocenters. The van der Waals surface area contributed by atoms with Crippen LogP contribution >= 0.6 is 0 Å². The van der Waals surface area contributed by atoms with E-state index >= 15 is 0 Å². The summed E-state index contributed by atoms with van der Waals surface area (Å²) < 4.78 is 18.7. The third-order valence-electron chi connectivity index (χ3n) is 3.06. The Morgan fingerprint density at radius 2 is 2.15 bits per heavy atom. The molecule has 0 saturated carbocycles. The number of Topliss-reactive ketones (excluding diaryl/α,β-unsaturated/α-hetero) is 1. The summed E-state index contributed by atoms with van der Waals surface area (Å²) in [6.07, 6.45) is 0.331. The van der Waals surface area contributed by atoms with Crippen LogP contribution < -0.4 is 4.90 Å². The molecular weight excluding hydrogens is 259 g/mol. The second kappa shape index (κ2) is 7.61. The highest BCUT2D eigenvalue weighted by Gasteiger charge is 2.16. The number of halogens is 1. The van der Waals surface area contributed by atoms with E-state index in [2.05, 4.69) is 6.07 Å². The minimum Gasteiger partial charge on any atom is -0.383 e. The number of hydrogen-bond donors (Lipinski definition) is 0. The molecule has 1 rings (SSSR count). The fraction of sp³-hybridized carbons (Fsp3) is 0.467. The van der Waals surface area contributed by atoms with Crippen LogP contribution in [0.5, 0.6) is 0 Å². The summed E-state index contributed by atoms with van der Waals surface area (Å²) in [5.74, 6) is -0.593. The van der Waals surface area contributed by atoms with Crippen molar-refractivity contribution in [3.63, 3.8) is 0 Å². The average molecular weight is 278 g/mol. The van der Waals surface area contributed by atoms with Gasteiger partial charge in [0.15, 0.2) is 5.78 Å². The molecule has 0 heterocycles. The maximum atomic E-state index is 13.6. The van der Waals surface area contributed by atoms with Crippen molar-refractivity contribution in [1.29, 1.82) is 5.26 Å². The lowest BCUT2D eigenvalue weighted by molar-refractivity contribution is 0.101. The zero-order valence-corrected chi connectivity index (χ0v) is 12.1. The van der Waals surface area contributed by atoms with Gasteiger partial charge in [-0.05, 0) is 31.5 Å². The van der Waals surface area contributed by atoms with E-state index in [0.717, 1.165) is 0 Å². The van der Waals surface area contributed by atoms with Gasteiger partial charge in [-0.3, -0.25) is 4.79 Å². The molecule has 1 aromatic rings. The van der Waals surface area contributed by atoms with Gasteiger partial charge in [0.05, 0.1) is 19.1 Å². The Morgan fingerprint density at radius 1 is 1.45 bits per heavy atom. The number of benzene rings is 1. The van der Waals surface area contributed by atoms with Crippen LogP contribution in [0.2, 0.25) is 0 Å². The number of methoxy groups -OCH3 is 1. The molecule has 0 N–H and O–H groups in total. The van der Waals surface area contributed by atoms with Crippen LogP contribution in [0.15, 0.2) is 12.1 Å². The minimum atomic E-state index is -0.397. The van der Waals surface area contributed by atoms with Crippen LogP contribution in [-0.4, -0.2) is 32.6 Å². The Hall–Kier alpha value is -1.93. The Balaban J connectivity index is 3.19. The van der Waals surface area contributed by atoms with Gasteiger partial charge >= 0.3 is 0 Å². The second-order valence-electron chi connectivity index (χ2n) is 4.56. The molecule has 0 aliphatic heterocycles. The SMILES string of the molecule is COCCN(CCC#N)c1cc(C)c(F)cc1C(C)=O. The highest BCUT2D eigenvalue weighted by molar-refractivity contribution is 6.00. The first kappa shape index (κ1) is 16.1. The Labute approximate surface area is 118 Å². The number of nitriles is 1. The molecule has 0 radical (unpaired) electrons. The van der Waals surface area contributed by atoms with E-state index in [-0.39, 0.29) is 5.78 Å². The fourth-order valence-corrected chi connectivity index (χ4v) is 1.95. The largest absolute Gasteiger partial charge is 0.383 e. The molecule has 0 aromatic heterocycles. The summed E-state index contributed by atoms with van der Waals surface area (Å²) >= 11 is 0. The predicted molar refractivity (Wildman–Crippen MR) is 75.5 cm³/mol. The topological polar surface area (TPSA) is 53.3 Å². The summed E-state index contributed by atoms with van der Waals surface area (Å²) in [4.78, 5) is 13.6. The van der Waals surface area contributed by atoms with Crippen LogP contribution in [0.25, 0.3) is 0 Å². The fourth-order valence-electron chi connectivity index (χ4n) is 1.95. The summed E-state index contributed by atoms with van der Waals surface area (Å²) in [7, 11) is 1.59. The van der Waals surface area contributed by atoms with E-state index in [9.17, 15) is 9.18 Å². The monoisotopic (exact) mass is 278 g/mol. The first-order valence-electron chi connectivity index (χ1n) is 6.43. The number of carbonyl (C=O) groups is 1. The molecule has 5 heteroatoms. The quantitative estimate of drug-likeness (QED) is 0.720. The lowest BCUT2D eigenvalue weighted by atomic mass is 10.0.